The number of ketones is 1. The summed E-state index contributed by atoms with van der Waals surface area (Å²) in [5.41, 5.74) is 1.70. The van der Waals surface area contributed by atoms with Crippen LogP contribution in [0.15, 0.2) is 69.3 Å². The molecule has 0 bridgehead atoms. The van der Waals surface area contributed by atoms with Crippen LogP contribution in [0.5, 0.6) is 0 Å². The molecule has 0 aliphatic rings. The normalized spacial score (nSPS) is 12.0. The van der Waals surface area contributed by atoms with Gasteiger partial charge in [0, 0.05) is 5.56 Å². The minimum Gasteiger partial charge on any atom is -0.293 e. The van der Waals surface area contributed by atoms with Gasteiger partial charge in [-0.3, -0.25) is 4.79 Å². The van der Waals surface area contributed by atoms with Gasteiger partial charge < -0.3 is 0 Å². The van der Waals surface area contributed by atoms with E-state index in [1.807, 2.05) is 60.7 Å². The van der Waals surface area contributed by atoms with E-state index in [0.717, 1.165) is 20.0 Å². The fraction of sp³-hybridized carbons (Fsp3) is 0.167. The Morgan fingerprint density at radius 1 is 1.00 bits per heavy atom. The summed E-state index contributed by atoms with van der Waals surface area (Å²) in [7, 11) is 0. The van der Waals surface area contributed by atoms with Gasteiger partial charge in [-0.25, -0.2) is 0 Å². The van der Waals surface area contributed by atoms with Gasteiger partial charge in [0.15, 0.2) is 14.5 Å². The van der Waals surface area contributed by atoms with Gasteiger partial charge in [0.1, 0.15) is 0 Å². The molecular formula is C18H16N2OS3. The number of rotatable bonds is 7. The van der Waals surface area contributed by atoms with E-state index in [1.165, 1.54) is 11.8 Å². The summed E-state index contributed by atoms with van der Waals surface area (Å²) < 4.78 is 1.77. The number of Topliss-reactive ketones (excluding diaryl/α,β-unsaturated/α-hetero) is 1. The first kappa shape index (κ1) is 17.2. The number of thioether (sulfide) groups is 2. The zero-order valence-electron chi connectivity index (χ0n) is 13.1. The second kappa shape index (κ2) is 8.46. The number of nitrogens with zero attached hydrogens (tertiary/aromatic N) is 2. The summed E-state index contributed by atoms with van der Waals surface area (Å²) in [6.45, 7) is 2.09. The summed E-state index contributed by atoms with van der Waals surface area (Å²) in [4.78, 5) is 13.0. The molecule has 122 valence electrons. The van der Waals surface area contributed by atoms with E-state index in [1.54, 1.807) is 23.1 Å². The van der Waals surface area contributed by atoms with Crippen LogP contribution in [0.1, 0.15) is 28.1 Å². The average Bonchev–Trinajstić information content (AvgIpc) is 3.08. The lowest BCUT2D eigenvalue weighted by Gasteiger charge is -2.14. The monoisotopic (exact) mass is 372 g/mol. The smallest absolute Gasteiger partial charge is 0.180 e. The predicted molar refractivity (Wildman–Crippen MR) is 102 cm³/mol. The third kappa shape index (κ3) is 4.26. The Morgan fingerprint density at radius 2 is 1.62 bits per heavy atom. The van der Waals surface area contributed by atoms with Crippen LogP contribution in [0.25, 0.3) is 0 Å². The molecule has 2 aromatic carbocycles. The summed E-state index contributed by atoms with van der Waals surface area (Å²) in [6.07, 6.45) is 0. The Labute approximate surface area is 153 Å². The SMILES string of the molecule is CCSc1nnc(S[C@@H](C(=O)c2ccccc2)c2ccccc2)s1. The molecule has 1 heterocycles. The molecule has 3 nitrogen and oxygen atoms in total. The number of aromatic nitrogens is 2. The van der Waals surface area contributed by atoms with Gasteiger partial charge in [-0.05, 0) is 11.3 Å². The maximum absolute atomic E-state index is 13.0. The fourth-order valence-electron chi connectivity index (χ4n) is 2.18. The predicted octanol–water partition coefficient (Wildman–Crippen LogP) is 5.37. The Balaban J connectivity index is 1.89. The second-order valence-corrected chi connectivity index (χ2v) is 8.75. The standard InChI is InChI=1S/C18H16N2OS3/c1-2-22-17-19-20-18(24-17)23-16(14-11-7-4-8-12-14)15(21)13-9-5-3-6-10-13/h3-12,16H,2H2,1H3/t16-/m1/s1. The highest BCUT2D eigenvalue weighted by molar-refractivity contribution is 8.03. The summed E-state index contributed by atoms with van der Waals surface area (Å²) in [5, 5.41) is 8.10. The average molecular weight is 373 g/mol. The summed E-state index contributed by atoms with van der Waals surface area (Å²) in [5.74, 6) is 1.05. The first-order valence-electron chi connectivity index (χ1n) is 7.55. The molecule has 0 amide bonds. The molecule has 6 heteroatoms. The van der Waals surface area contributed by atoms with Crippen molar-refractivity contribution in [1.29, 1.82) is 0 Å². The van der Waals surface area contributed by atoms with Crippen molar-refractivity contribution >= 4 is 40.6 Å². The van der Waals surface area contributed by atoms with Gasteiger partial charge in [-0.15, -0.1) is 10.2 Å². The van der Waals surface area contributed by atoms with Crippen molar-refractivity contribution < 1.29 is 4.79 Å². The lowest BCUT2D eigenvalue weighted by atomic mass is 10.0. The molecule has 0 aliphatic heterocycles. The molecule has 0 saturated heterocycles. The second-order valence-electron chi connectivity index (χ2n) is 4.91. The number of benzene rings is 2. The Kier molecular flexibility index (Phi) is 6.07. The minimum absolute atomic E-state index is 0.0895. The van der Waals surface area contributed by atoms with Crippen molar-refractivity contribution in [3.8, 4) is 0 Å². The lowest BCUT2D eigenvalue weighted by Crippen LogP contribution is -2.09. The highest BCUT2D eigenvalue weighted by atomic mass is 32.2. The number of hydrogen-bond acceptors (Lipinski definition) is 6. The van der Waals surface area contributed by atoms with Crippen molar-refractivity contribution in [2.75, 3.05) is 5.75 Å². The van der Waals surface area contributed by atoms with Crippen LogP contribution >= 0.6 is 34.9 Å². The zero-order chi connectivity index (χ0) is 16.8. The molecule has 3 aromatic rings. The highest BCUT2D eigenvalue weighted by Gasteiger charge is 2.25. The highest BCUT2D eigenvalue weighted by Crippen LogP contribution is 2.40. The quantitative estimate of drug-likeness (QED) is 0.412. The van der Waals surface area contributed by atoms with Crippen molar-refractivity contribution in [2.45, 2.75) is 20.9 Å². The number of carbonyl (C=O) groups is 1. The van der Waals surface area contributed by atoms with Crippen LogP contribution < -0.4 is 0 Å². The minimum atomic E-state index is -0.318. The van der Waals surface area contributed by atoms with Crippen molar-refractivity contribution in [2.24, 2.45) is 0 Å². The van der Waals surface area contributed by atoms with Crippen LogP contribution in [-0.2, 0) is 0 Å². The molecule has 0 aliphatic carbocycles. The molecule has 0 N–H and O–H groups in total. The van der Waals surface area contributed by atoms with Gasteiger partial charge in [0.25, 0.3) is 0 Å². The van der Waals surface area contributed by atoms with Gasteiger partial charge >= 0.3 is 0 Å². The molecule has 1 aromatic heterocycles. The van der Waals surface area contributed by atoms with Crippen LogP contribution in [0.3, 0.4) is 0 Å². The fourth-order valence-corrected chi connectivity index (χ4v) is 5.37. The third-order valence-electron chi connectivity index (χ3n) is 3.27. The molecule has 1 atom stereocenters. The van der Waals surface area contributed by atoms with Crippen molar-refractivity contribution in [1.82, 2.24) is 10.2 Å². The van der Waals surface area contributed by atoms with Crippen LogP contribution in [-0.4, -0.2) is 21.7 Å². The van der Waals surface area contributed by atoms with Gasteiger partial charge in [-0.1, -0.05) is 102 Å². The molecule has 0 unspecified atom stereocenters. The van der Waals surface area contributed by atoms with Crippen molar-refractivity contribution in [3.63, 3.8) is 0 Å². The number of hydrogen-bond donors (Lipinski definition) is 0. The van der Waals surface area contributed by atoms with E-state index in [2.05, 4.69) is 17.1 Å². The van der Waals surface area contributed by atoms with Gasteiger partial charge in [0.2, 0.25) is 0 Å². The van der Waals surface area contributed by atoms with E-state index < -0.39 is 0 Å². The van der Waals surface area contributed by atoms with Gasteiger partial charge in [0.05, 0.1) is 5.25 Å². The maximum atomic E-state index is 13.0. The summed E-state index contributed by atoms with van der Waals surface area (Å²) >= 11 is 4.69. The van der Waals surface area contributed by atoms with Crippen LogP contribution in [0.4, 0.5) is 0 Å². The van der Waals surface area contributed by atoms with Crippen molar-refractivity contribution in [3.05, 3.63) is 71.8 Å². The Morgan fingerprint density at radius 3 is 2.29 bits per heavy atom. The van der Waals surface area contributed by atoms with Gasteiger partial charge in [-0.2, -0.15) is 0 Å². The Hall–Kier alpha value is -1.63. The first-order valence-corrected chi connectivity index (χ1v) is 10.2. The third-order valence-corrected chi connectivity index (χ3v) is 6.55. The maximum Gasteiger partial charge on any atom is 0.180 e. The van der Waals surface area contributed by atoms with Crippen LogP contribution in [0, 0.1) is 0 Å². The molecule has 0 saturated carbocycles. The molecule has 0 spiro atoms. The topological polar surface area (TPSA) is 42.9 Å². The number of carbonyl (C=O) groups excluding carboxylic acids is 1. The molecular weight excluding hydrogens is 356 g/mol. The molecule has 3 rings (SSSR count). The van der Waals surface area contributed by atoms with E-state index >= 15 is 0 Å². The lowest BCUT2D eigenvalue weighted by molar-refractivity contribution is 0.0989. The van der Waals surface area contributed by atoms with E-state index in [0.29, 0.717) is 5.56 Å². The molecule has 0 fully saturated rings. The molecule has 24 heavy (non-hydrogen) atoms. The first-order chi connectivity index (χ1) is 11.8. The van der Waals surface area contributed by atoms with E-state index in [4.69, 9.17) is 0 Å². The largest absolute Gasteiger partial charge is 0.293 e. The zero-order valence-corrected chi connectivity index (χ0v) is 15.5. The Bertz CT molecular complexity index is 790. The van der Waals surface area contributed by atoms with Crippen LogP contribution in [0.2, 0.25) is 0 Å². The summed E-state index contributed by atoms with van der Waals surface area (Å²) in [6, 6.07) is 19.3. The molecule has 0 radical (unpaired) electrons. The van der Waals surface area contributed by atoms with E-state index in [-0.39, 0.29) is 11.0 Å². The van der Waals surface area contributed by atoms with E-state index in [9.17, 15) is 4.79 Å².